The zero-order valence-corrected chi connectivity index (χ0v) is 18.6. The van der Waals surface area contributed by atoms with Crippen LogP contribution in [-0.4, -0.2) is 23.1 Å². The van der Waals surface area contributed by atoms with E-state index in [0.717, 1.165) is 29.0 Å². The summed E-state index contributed by atoms with van der Waals surface area (Å²) in [6.07, 6.45) is 5.70. The highest BCUT2D eigenvalue weighted by Crippen LogP contribution is 2.42. The predicted molar refractivity (Wildman–Crippen MR) is 123 cm³/mol. The number of nitrogens with zero attached hydrogens (tertiary/aromatic N) is 1. The van der Waals surface area contributed by atoms with Gasteiger partial charge in [0.2, 0.25) is 11.8 Å². The molecule has 2 amide bonds. The number of carbonyl (C=O) groups is 2. The van der Waals surface area contributed by atoms with Gasteiger partial charge in [-0.25, -0.2) is 0 Å². The number of hydrogen-bond donors (Lipinski definition) is 1. The van der Waals surface area contributed by atoms with Gasteiger partial charge >= 0.3 is 0 Å². The van der Waals surface area contributed by atoms with Crippen LogP contribution in [0.3, 0.4) is 0 Å². The summed E-state index contributed by atoms with van der Waals surface area (Å²) in [6.45, 7) is 4.47. The molecule has 158 valence electrons. The largest absolute Gasteiger partial charge is 0.353 e. The molecule has 0 aromatic heterocycles. The molecule has 4 nitrogen and oxygen atoms in total. The smallest absolute Gasteiger partial charge is 0.241 e. The molecule has 1 aliphatic heterocycles. The Balaban J connectivity index is 1.54. The van der Waals surface area contributed by atoms with Gasteiger partial charge < -0.3 is 10.2 Å². The standard InChI is InChI=1S/C25H30N2O2S/c1-17-12-14-19(15-13-17)16-27-21-10-6-7-11-22(21)30-23(25(27)29)18(2)24(28)26-20-8-4-3-5-9-20/h6-7,10-15,18,20,23H,3-5,8-9,16H2,1-2H3,(H,26,28). The number of amides is 2. The van der Waals surface area contributed by atoms with Crippen LogP contribution in [0, 0.1) is 12.8 Å². The van der Waals surface area contributed by atoms with Crippen molar-refractivity contribution >= 4 is 29.3 Å². The summed E-state index contributed by atoms with van der Waals surface area (Å²) in [5.74, 6) is -0.355. The maximum absolute atomic E-state index is 13.5. The second-order valence-corrected chi connectivity index (χ2v) is 9.73. The van der Waals surface area contributed by atoms with Crippen molar-refractivity contribution in [1.82, 2.24) is 5.32 Å². The Morgan fingerprint density at radius 2 is 1.80 bits per heavy atom. The van der Waals surface area contributed by atoms with Crippen LogP contribution in [0.5, 0.6) is 0 Å². The Kier molecular flexibility index (Phi) is 6.47. The van der Waals surface area contributed by atoms with Crippen LogP contribution >= 0.6 is 11.8 Å². The molecule has 5 heteroatoms. The number of hydrogen-bond acceptors (Lipinski definition) is 3. The predicted octanol–water partition coefficient (Wildman–Crippen LogP) is 5.09. The number of anilines is 1. The Morgan fingerprint density at radius 3 is 2.53 bits per heavy atom. The minimum Gasteiger partial charge on any atom is -0.353 e. The van der Waals surface area contributed by atoms with Crippen LogP contribution in [0.1, 0.15) is 50.2 Å². The van der Waals surface area contributed by atoms with Gasteiger partial charge in [-0.3, -0.25) is 9.59 Å². The van der Waals surface area contributed by atoms with Crippen molar-refractivity contribution in [2.45, 2.75) is 68.7 Å². The zero-order chi connectivity index (χ0) is 21.1. The molecule has 0 bridgehead atoms. The Morgan fingerprint density at radius 1 is 1.10 bits per heavy atom. The number of thioether (sulfide) groups is 1. The van der Waals surface area contributed by atoms with E-state index in [9.17, 15) is 9.59 Å². The molecule has 0 saturated heterocycles. The van der Waals surface area contributed by atoms with Crippen LogP contribution < -0.4 is 10.2 Å². The molecule has 30 heavy (non-hydrogen) atoms. The van der Waals surface area contributed by atoms with Crippen molar-refractivity contribution in [3.05, 3.63) is 59.7 Å². The van der Waals surface area contributed by atoms with Crippen molar-refractivity contribution < 1.29 is 9.59 Å². The van der Waals surface area contributed by atoms with E-state index in [2.05, 4.69) is 36.5 Å². The quantitative estimate of drug-likeness (QED) is 0.730. The number of fused-ring (bicyclic) bond motifs is 1. The van der Waals surface area contributed by atoms with Crippen molar-refractivity contribution in [3.8, 4) is 0 Å². The highest BCUT2D eigenvalue weighted by molar-refractivity contribution is 8.01. The van der Waals surface area contributed by atoms with Gasteiger partial charge in [-0.05, 0) is 37.5 Å². The molecular weight excluding hydrogens is 392 g/mol. The second-order valence-electron chi connectivity index (χ2n) is 8.55. The lowest BCUT2D eigenvalue weighted by molar-refractivity contribution is -0.129. The summed E-state index contributed by atoms with van der Waals surface area (Å²) < 4.78 is 0. The van der Waals surface area contributed by atoms with E-state index >= 15 is 0 Å². The van der Waals surface area contributed by atoms with Gasteiger partial charge in [0.05, 0.1) is 18.2 Å². The first-order chi connectivity index (χ1) is 14.5. The first-order valence-corrected chi connectivity index (χ1v) is 11.8. The number of benzene rings is 2. The number of nitrogens with one attached hydrogen (secondary N) is 1. The van der Waals surface area contributed by atoms with Crippen LogP contribution in [0.25, 0.3) is 0 Å². The molecule has 2 aromatic rings. The SMILES string of the molecule is Cc1ccc(CN2C(=O)C(C(C)C(=O)NC3CCCCC3)Sc3ccccc32)cc1. The molecule has 0 spiro atoms. The molecule has 0 radical (unpaired) electrons. The normalized spacial score (nSPS) is 20.5. The summed E-state index contributed by atoms with van der Waals surface area (Å²) in [6, 6.07) is 16.6. The van der Waals surface area contributed by atoms with Gasteiger partial charge in [-0.2, -0.15) is 0 Å². The molecule has 2 unspecified atom stereocenters. The summed E-state index contributed by atoms with van der Waals surface area (Å²) in [7, 11) is 0. The third-order valence-corrected chi connectivity index (χ3v) is 7.66. The van der Waals surface area contributed by atoms with Crippen LogP contribution in [0.2, 0.25) is 0 Å². The van der Waals surface area contributed by atoms with Gasteiger partial charge in [0.1, 0.15) is 5.25 Å². The van der Waals surface area contributed by atoms with Gasteiger partial charge in [0.25, 0.3) is 0 Å². The number of carbonyl (C=O) groups excluding carboxylic acids is 2. The van der Waals surface area contributed by atoms with Crippen molar-refractivity contribution in [2.75, 3.05) is 4.90 Å². The average Bonchev–Trinajstić information content (AvgIpc) is 2.77. The summed E-state index contributed by atoms with van der Waals surface area (Å²) in [5.41, 5.74) is 3.23. The third kappa shape index (κ3) is 4.56. The van der Waals surface area contributed by atoms with E-state index in [0.29, 0.717) is 6.54 Å². The third-order valence-electron chi connectivity index (χ3n) is 6.20. The first-order valence-electron chi connectivity index (χ1n) is 11.0. The monoisotopic (exact) mass is 422 g/mol. The lowest BCUT2D eigenvalue weighted by atomic mass is 9.94. The lowest BCUT2D eigenvalue weighted by Gasteiger charge is -2.36. The van der Waals surface area contributed by atoms with E-state index < -0.39 is 5.25 Å². The highest BCUT2D eigenvalue weighted by atomic mass is 32.2. The van der Waals surface area contributed by atoms with Gasteiger partial charge in [0, 0.05) is 10.9 Å². The van der Waals surface area contributed by atoms with Crippen molar-refractivity contribution in [1.29, 1.82) is 0 Å². The fraction of sp³-hybridized carbons (Fsp3) is 0.440. The summed E-state index contributed by atoms with van der Waals surface area (Å²) >= 11 is 1.53. The van der Waals surface area contributed by atoms with Gasteiger partial charge in [-0.15, -0.1) is 11.8 Å². The lowest BCUT2D eigenvalue weighted by Crippen LogP contribution is -2.49. The number of aryl methyl sites for hydroxylation is 1. The van der Waals surface area contributed by atoms with Crippen LogP contribution in [-0.2, 0) is 16.1 Å². The van der Waals surface area contributed by atoms with E-state index in [1.807, 2.05) is 36.1 Å². The maximum Gasteiger partial charge on any atom is 0.241 e. The Hall–Kier alpha value is -2.27. The van der Waals surface area contributed by atoms with E-state index in [4.69, 9.17) is 0 Å². The zero-order valence-electron chi connectivity index (χ0n) is 17.8. The number of para-hydroxylation sites is 1. The fourth-order valence-corrected chi connectivity index (χ4v) is 5.60. The minimum absolute atomic E-state index is 0.00224. The van der Waals surface area contributed by atoms with E-state index in [-0.39, 0.29) is 23.8 Å². The minimum atomic E-state index is -0.408. The molecule has 4 rings (SSSR count). The highest BCUT2D eigenvalue weighted by Gasteiger charge is 2.39. The first kappa shape index (κ1) is 21.0. The Labute approximate surface area is 183 Å². The summed E-state index contributed by atoms with van der Waals surface area (Å²) in [5, 5.41) is 2.80. The maximum atomic E-state index is 13.5. The van der Waals surface area contributed by atoms with E-state index in [1.165, 1.54) is 36.6 Å². The second kappa shape index (κ2) is 9.25. The molecule has 1 N–H and O–H groups in total. The van der Waals surface area contributed by atoms with Gasteiger partial charge in [0.15, 0.2) is 0 Å². The molecule has 2 aliphatic rings. The summed E-state index contributed by atoms with van der Waals surface area (Å²) in [4.78, 5) is 29.4. The Bertz CT molecular complexity index is 906. The van der Waals surface area contributed by atoms with Crippen LogP contribution in [0.15, 0.2) is 53.4 Å². The molecule has 1 fully saturated rings. The molecule has 1 heterocycles. The average molecular weight is 423 g/mol. The van der Waals surface area contributed by atoms with Gasteiger partial charge in [-0.1, -0.05) is 68.1 Å². The molecule has 1 saturated carbocycles. The van der Waals surface area contributed by atoms with E-state index in [1.54, 1.807) is 0 Å². The molecule has 2 aromatic carbocycles. The molecular formula is C25H30N2O2S. The van der Waals surface area contributed by atoms with Crippen molar-refractivity contribution in [2.24, 2.45) is 5.92 Å². The molecule has 1 aliphatic carbocycles. The molecule has 2 atom stereocenters. The van der Waals surface area contributed by atoms with Crippen LogP contribution in [0.4, 0.5) is 5.69 Å². The van der Waals surface area contributed by atoms with Crippen molar-refractivity contribution in [3.63, 3.8) is 0 Å². The fourth-order valence-electron chi connectivity index (χ4n) is 4.31. The topological polar surface area (TPSA) is 49.4 Å². The number of rotatable bonds is 5.